The summed E-state index contributed by atoms with van der Waals surface area (Å²) in [6, 6.07) is 15.5. The maximum Gasteiger partial charge on any atom is 0.252 e. The summed E-state index contributed by atoms with van der Waals surface area (Å²) in [4.78, 5) is 26.7. The van der Waals surface area contributed by atoms with Crippen LogP contribution in [0.4, 0.5) is 0 Å². The van der Waals surface area contributed by atoms with Crippen LogP contribution in [0, 0.1) is 6.92 Å². The number of amides is 1. The number of aromatic nitrogens is 5. The van der Waals surface area contributed by atoms with Gasteiger partial charge in [-0.15, -0.1) is 11.3 Å². The molecule has 0 aliphatic heterocycles. The Bertz CT molecular complexity index is 1410. The molecule has 32 heavy (non-hydrogen) atoms. The van der Waals surface area contributed by atoms with Gasteiger partial charge < -0.3 is 5.32 Å². The van der Waals surface area contributed by atoms with E-state index in [0.29, 0.717) is 17.8 Å². The van der Waals surface area contributed by atoms with Crippen LogP contribution in [0.1, 0.15) is 21.1 Å². The largest absolute Gasteiger partial charge is 0.346 e. The number of carbonyl (C=O) groups excluding carboxylic acids is 1. The molecule has 0 bridgehead atoms. The Hall–Kier alpha value is -3.91. The number of hydrogen-bond acceptors (Lipinski definition) is 6. The third kappa shape index (κ3) is 3.76. The fourth-order valence-electron chi connectivity index (χ4n) is 3.68. The van der Waals surface area contributed by atoms with E-state index < -0.39 is 0 Å². The number of benzene rings is 1. The molecule has 0 aliphatic carbocycles. The summed E-state index contributed by atoms with van der Waals surface area (Å²) >= 11 is 1.52. The molecule has 1 amide bonds. The van der Waals surface area contributed by atoms with E-state index in [1.807, 2.05) is 67.9 Å². The van der Waals surface area contributed by atoms with Crippen molar-refractivity contribution in [3.8, 4) is 22.5 Å². The van der Waals surface area contributed by atoms with Gasteiger partial charge in [0.1, 0.15) is 5.01 Å². The molecule has 4 aromatic heterocycles. The molecule has 0 saturated heterocycles. The van der Waals surface area contributed by atoms with Gasteiger partial charge in [-0.3, -0.25) is 14.5 Å². The zero-order chi connectivity index (χ0) is 22.1. The summed E-state index contributed by atoms with van der Waals surface area (Å²) < 4.78 is 1.72. The maximum atomic E-state index is 13.2. The lowest BCUT2D eigenvalue weighted by atomic mass is 10.0. The maximum absolute atomic E-state index is 13.2. The van der Waals surface area contributed by atoms with Crippen molar-refractivity contribution in [2.75, 3.05) is 0 Å². The molecule has 1 N–H and O–H groups in total. The van der Waals surface area contributed by atoms with E-state index >= 15 is 0 Å². The SMILES string of the molecule is Cc1nn(C)c2nc(-c3ccccc3)cc(C(=O)NCc3nc(-c4ccncc4)cs3)c12. The number of hydrogen-bond donors (Lipinski definition) is 1. The van der Waals surface area contributed by atoms with E-state index in [0.717, 1.165) is 38.6 Å². The van der Waals surface area contributed by atoms with Crippen LogP contribution >= 0.6 is 11.3 Å². The van der Waals surface area contributed by atoms with Gasteiger partial charge in [0.15, 0.2) is 5.65 Å². The molecule has 1 aromatic carbocycles. The molecular formula is C24H20N6OS. The van der Waals surface area contributed by atoms with Gasteiger partial charge in [0.25, 0.3) is 5.91 Å². The lowest BCUT2D eigenvalue weighted by Gasteiger charge is -2.09. The van der Waals surface area contributed by atoms with Crippen molar-refractivity contribution >= 4 is 28.3 Å². The highest BCUT2D eigenvalue weighted by Gasteiger charge is 2.19. The van der Waals surface area contributed by atoms with Crippen LogP contribution in [-0.4, -0.2) is 30.6 Å². The fourth-order valence-corrected chi connectivity index (χ4v) is 4.42. The molecule has 0 fully saturated rings. The molecule has 0 spiro atoms. The van der Waals surface area contributed by atoms with Crippen molar-refractivity contribution in [2.45, 2.75) is 13.5 Å². The average molecular weight is 441 g/mol. The Kier molecular flexibility index (Phi) is 5.20. The van der Waals surface area contributed by atoms with Crippen molar-refractivity contribution < 1.29 is 4.79 Å². The van der Waals surface area contributed by atoms with Gasteiger partial charge >= 0.3 is 0 Å². The molecule has 158 valence electrons. The number of pyridine rings is 2. The summed E-state index contributed by atoms with van der Waals surface area (Å²) in [5.41, 5.74) is 5.58. The predicted octanol–water partition coefficient (Wildman–Crippen LogP) is 4.39. The van der Waals surface area contributed by atoms with E-state index in [1.165, 1.54) is 11.3 Å². The third-order valence-electron chi connectivity index (χ3n) is 5.21. The zero-order valence-electron chi connectivity index (χ0n) is 17.6. The van der Waals surface area contributed by atoms with E-state index in [-0.39, 0.29) is 5.91 Å². The van der Waals surface area contributed by atoms with Crippen molar-refractivity contribution in [2.24, 2.45) is 7.05 Å². The number of nitrogens with one attached hydrogen (secondary N) is 1. The molecule has 0 saturated carbocycles. The number of carbonyl (C=O) groups is 1. The van der Waals surface area contributed by atoms with Crippen LogP contribution in [0.5, 0.6) is 0 Å². The quantitative estimate of drug-likeness (QED) is 0.438. The van der Waals surface area contributed by atoms with Crippen LogP contribution in [0.15, 0.2) is 66.3 Å². The van der Waals surface area contributed by atoms with Gasteiger partial charge in [-0.25, -0.2) is 9.97 Å². The van der Waals surface area contributed by atoms with Crippen LogP contribution in [0.2, 0.25) is 0 Å². The average Bonchev–Trinajstić information content (AvgIpc) is 3.42. The molecular weight excluding hydrogens is 420 g/mol. The molecule has 0 unspecified atom stereocenters. The molecule has 5 rings (SSSR count). The van der Waals surface area contributed by atoms with Gasteiger partial charge in [0.2, 0.25) is 0 Å². The zero-order valence-corrected chi connectivity index (χ0v) is 18.4. The van der Waals surface area contributed by atoms with E-state index in [4.69, 9.17) is 4.98 Å². The molecule has 5 aromatic rings. The molecule has 0 atom stereocenters. The first-order chi connectivity index (χ1) is 15.6. The first-order valence-electron chi connectivity index (χ1n) is 10.1. The van der Waals surface area contributed by atoms with Crippen LogP contribution in [0.25, 0.3) is 33.5 Å². The Morgan fingerprint density at radius 2 is 1.78 bits per heavy atom. The normalized spacial score (nSPS) is 11.1. The van der Waals surface area contributed by atoms with Gasteiger partial charge in [-0.05, 0) is 25.1 Å². The number of aryl methyl sites for hydroxylation is 2. The van der Waals surface area contributed by atoms with E-state index in [9.17, 15) is 4.79 Å². The molecule has 8 heteroatoms. The highest BCUT2D eigenvalue weighted by molar-refractivity contribution is 7.09. The van der Waals surface area contributed by atoms with Gasteiger partial charge in [0.05, 0.1) is 34.6 Å². The minimum atomic E-state index is -0.175. The summed E-state index contributed by atoms with van der Waals surface area (Å²) in [5, 5.41) is 11.1. The summed E-state index contributed by atoms with van der Waals surface area (Å²) in [5.74, 6) is -0.175. The number of fused-ring (bicyclic) bond motifs is 1. The van der Waals surface area contributed by atoms with Crippen LogP contribution in [0.3, 0.4) is 0 Å². The first kappa shape index (κ1) is 20.0. The standard InChI is InChI=1S/C24H20N6OS/c1-15-22-18(12-19(16-6-4-3-5-7-16)28-23(22)30(2)29-15)24(31)26-13-21-27-20(14-32-21)17-8-10-25-11-9-17/h3-12,14H,13H2,1-2H3,(H,26,31). The van der Waals surface area contributed by atoms with Gasteiger partial charge in [-0.2, -0.15) is 5.10 Å². The molecule has 4 heterocycles. The summed E-state index contributed by atoms with van der Waals surface area (Å²) in [6.07, 6.45) is 3.48. The van der Waals surface area contributed by atoms with E-state index in [1.54, 1.807) is 17.1 Å². The topological polar surface area (TPSA) is 85.6 Å². The number of thiazole rings is 1. The van der Waals surface area contributed by atoms with Crippen molar-refractivity contribution in [3.05, 3.63) is 82.6 Å². The third-order valence-corrected chi connectivity index (χ3v) is 6.06. The summed E-state index contributed by atoms with van der Waals surface area (Å²) in [6.45, 7) is 2.24. The molecule has 0 radical (unpaired) electrons. The van der Waals surface area contributed by atoms with Crippen molar-refractivity contribution in [3.63, 3.8) is 0 Å². The minimum absolute atomic E-state index is 0.175. The predicted molar refractivity (Wildman–Crippen MR) is 125 cm³/mol. The Balaban J connectivity index is 1.45. The van der Waals surface area contributed by atoms with Gasteiger partial charge in [-0.1, -0.05) is 30.3 Å². The second kappa shape index (κ2) is 8.32. The fraction of sp³-hybridized carbons (Fsp3) is 0.125. The minimum Gasteiger partial charge on any atom is -0.346 e. The van der Waals surface area contributed by atoms with Crippen LogP contribution < -0.4 is 5.32 Å². The Morgan fingerprint density at radius 1 is 1.03 bits per heavy atom. The highest BCUT2D eigenvalue weighted by Crippen LogP contribution is 2.27. The van der Waals surface area contributed by atoms with Gasteiger partial charge in [0, 0.05) is 35.9 Å². The van der Waals surface area contributed by atoms with Crippen LogP contribution in [-0.2, 0) is 13.6 Å². The highest BCUT2D eigenvalue weighted by atomic mass is 32.1. The second-order valence-electron chi connectivity index (χ2n) is 7.37. The smallest absolute Gasteiger partial charge is 0.252 e. The number of rotatable bonds is 5. The van der Waals surface area contributed by atoms with Crippen molar-refractivity contribution in [1.29, 1.82) is 0 Å². The summed E-state index contributed by atoms with van der Waals surface area (Å²) in [7, 11) is 1.84. The second-order valence-corrected chi connectivity index (χ2v) is 8.32. The Labute approximate surface area is 188 Å². The molecule has 7 nitrogen and oxygen atoms in total. The van der Waals surface area contributed by atoms with E-state index in [2.05, 4.69) is 20.4 Å². The lowest BCUT2D eigenvalue weighted by Crippen LogP contribution is -2.23. The van der Waals surface area contributed by atoms with Crippen molar-refractivity contribution in [1.82, 2.24) is 30.0 Å². The molecule has 0 aliphatic rings. The Morgan fingerprint density at radius 3 is 2.56 bits per heavy atom. The monoisotopic (exact) mass is 440 g/mol. The number of nitrogens with zero attached hydrogens (tertiary/aromatic N) is 5. The first-order valence-corrected chi connectivity index (χ1v) is 11.0. The lowest BCUT2D eigenvalue weighted by molar-refractivity contribution is 0.0952.